The van der Waals surface area contributed by atoms with E-state index < -0.39 is 11.8 Å². The minimum atomic E-state index is -0.584. The molecule has 2 aromatic rings. The molecule has 0 unspecified atom stereocenters. The van der Waals surface area contributed by atoms with Crippen molar-refractivity contribution in [2.75, 3.05) is 25.6 Å². The van der Waals surface area contributed by atoms with Crippen LogP contribution in [0.15, 0.2) is 24.9 Å². The first-order valence-electron chi connectivity index (χ1n) is 8.23. The summed E-state index contributed by atoms with van der Waals surface area (Å²) in [5, 5.41) is 0.276. The first-order chi connectivity index (χ1) is 12.4. The van der Waals surface area contributed by atoms with Crippen molar-refractivity contribution in [1.29, 1.82) is 0 Å². The lowest BCUT2D eigenvalue weighted by atomic mass is 10.1. The topological polar surface area (TPSA) is 55.3 Å². The smallest absolute Gasteiger partial charge is 0.357 e. The van der Waals surface area contributed by atoms with Gasteiger partial charge in [0.15, 0.2) is 17.3 Å². The zero-order valence-electron chi connectivity index (χ0n) is 15.1. The predicted molar refractivity (Wildman–Crippen MR) is 102 cm³/mol. The normalized spacial score (nSPS) is 10.5. The molecule has 0 aliphatic rings. The maximum atomic E-state index is 14.9. The highest BCUT2D eigenvalue weighted by Crippen LogP contribution is 2.33. The number of ether oxygens (including phenoxy) is 1. The molecule has 0 atom stereocenters. The van der Waals surface area contributed by atoms with Gasteiger partial charge in [-0.05, 0) is 18.6 Å². The van der Waals surface area contributed by atoms with Crippen molar-refractivity contribution < 1.29 is 13.9 Å². The van der Waals surface area contributed by atoms with Gasteiger partial charge in [-0.2, -0.15) is 0 Å². The summed E-state index contributed by atoms with van der Waals surface area (Å²) in [7, 11) is 3.37. The van der Waals surface area contributed by atoms with Crippen LogP contribution in [0.4, 0.5) is 10.1 Å². The molecular weight excluding hydrogens is 357 g/mol. The van der Waals surface area contributed by atoms with Gasteiger partial charge in [0.2, 0.25) is 0 Å². The van der Waals surface area contributed by atoms with Crippen LogP contribution in [0.3, 0.4) is 0 Å². The number of unbranched alkanes of at least 4 members (excludes halogenated alkanes) is 1. The number of anilines is 1. The lowest BCUT2D eigenvalue weighted by Crippen LogP contribution is -2.14. The Morgan fingerprint density at radius 3 is 2.77 bits per heavy atom. The van der Waals surface area contributed by atoms with Crippen molar-refractivity contribution in [2.24, 2.45) is 0 Å². The molecule has 26 heavy (non-hydrogen) atoms. The Kier molecular flexibility index (Phi) is 6.69. The number of hydrogen-bond donors (Lipinski definition) is 0. The Balaban J connectivity index is 2.49. The number of aromatic nitrogens is 2. The van der Waals surface area contributed by atoms with E-state index in [1.165, 1.54) is 18.3 Å². The molecule has 5 nitrogen and oxygen atoms in total. The summed E-state index contributed by atoms with van der Waals surface area (Å²) in [4.78, 5) is 22.3. The number of nitrogens with zero attached hydrogens (tertiary/aromatic N) is 3. The maximum absolute atomic E-state index is 14.9. The number of carbonyl (C=O) groups is 1. The quantitative estimate of drug-likeness (QED) is 0.521. The molecule has 1 heterocycles. The Hall–Kier alpha value is -2.47. The summed E-state index contributed by atoms with van der Waals surface area (Å²) >= 11 is 6.07. The van der Waals surface area contributed by atoms with E-state index >= 15 is 0 Å². The van der Waals surface area contributed by atoms with Crippen LogP contribution in [0.25, 0.3) is 17.5 Å². The van der Waals surface area contributed by atoms with Crippen LogP contribution in [0, 0.1) is 5.82 Å². The average Bonchev–Trinajstić information content (AvgIpc) is 2.61. The Morgan fingerprint density at radius 1 is 1.42 bits per heavy atom. The van der Waals surface area contributed by atoms with Crippen LogP contribution in [-0.4, -0.2) is 36.6 Å². The molecule has 0 spiro atoms. The van der Waals surface area contributed by atoms with E-state index in [-0.39, 0.29) is 27.8 Å². The minimum absolute atomic E-state index is 0.0573. The second-order valence-corrected chi connectivity index (χ2v) is 6.25. The predicted octanol–water partition coefficient (Wildman–Crippen LogP) is 4.60. The second-order valence-electron chi connectivity index (χ2n) is 5.84. The molecule has 0 saturated heterocycles. The van der Waals surface area contributed by atoms with Gasteiger partial charge in [0, 0.05) is 25.9 Å². The van der Waals surface area contributed by atoms with E-state index in [0.29, 0.717) is 12.2 Å². The van der Waals surface area contributed by atoms with Gasteiger partial charge in [-0.1, -0.05) is 37.6 Å². The minimum Gasteiger partial charge on any atom is -0.461 e. The van der Waals surface area contributed by atoms with E-state index in [0.717, 1.165) is 12.8 Å². The van der Waals surface area contributed by atoms with Crippen molar-refractivity contribution in [2.45, 2.75) is 19.8 Å². The van der Waals surface area contributed by atoms with E-state index in [4.69, 9.17) is 16.3 Å². The standard InChI is InChI=1S/C19H21ClFN3O2/c1-5-7-10-26-19(25)16-12(6-2)11-22-18(23-16)13-8-9-14(20)17(15(13)21)24(3)4/h6,8-9,11H,2,5,7,10H2,1,3-4H3. The van der Waals surface area contributed by atoms with E-state index in [1.54, 1.807) is 25.1 Å². The summed E-state index contributed by atoms with van der Waals surface area (Å²) in [6.45, 7) is 5.95. The van der Waals surface area contributed by atoms with Gasteiger partial charge < -0.3 is 9.64 Å². The van der Waals surface area contributed by atoms with Crippen LogP contribution in [0.1, 0.15) is 35.8 Å². The van der Waals surface area contributed by atoms with Crippen LogP contribution < -0.4 is 4.90 Å². The summed E-state index contributed by atoms with van der Waals surface area (Å²) in [5.74, 6) is -1.06. The number of rotatable bonds is 7. The number of benzene rings is 1. The van der Waals surface area contributed by atoms with Crippen LogP contribution in [-0.2, 0) is 4.74 Å². The molecule has 0 fully saturated rings. The zero-order valence-corrected chi connectivity index (χ0v) is 15.8. The summed E-state index contributed by atoms with van der Waals surface area (Å²) in [5.41, 5.74) is 0.864. The second kappa shape index (κ2) is 8.76. The third-order valence-electron chi connectivity index (χ3n) is 3.72. The largest absolute Gasteiger partial charge is 0.461 e. The molecule has 0 radical (unpaired) electrons. The fourth-order valence-corrected chi connectivity index (χ4v) is 2.65. The van der Waals surface area contributed by atoms with Gasteiger partial charge in [-0.15, -0.1) is 0 Å². The SMILES string of the molecule is C=Cc1cnc(-c2ccc(Cl)c(N(C)C)c2F)nc1C(=O)OCCCC. The number of hydrogen-bond acceptors (Lipinski definition) is 5. The molecule has 138 valence electrons. The Morgan fingerprint density at radius 2 is 2.15 bits per heavy atom. The highest BCUT2D eigenvalue weighted by atomic mass is 35.5. The third-order valence-corrected chi connectivity index (χ3v) is 4.02. The van der Waals surface area contributed by atoms with E-state index in [2.05, 4.69) is 16.5 Å². The molecular formula is C19H21ClFN3O2. The molecule has 0 aliphatic carbocycles. The summed E-state index contributed by atoms with van der Waals surface area (Å²) in [6, 6.07) is 3.05. The maximum Gasteiger partial charge on any atom is 0.357 e. The molecule has 0 aliphatic heterocycles. The van der Waals surface area contributed by atoms with Crippen molar-refractivity contribution in [3.8, 4) is 11.4 Å². The highest BCUT2D eigenvalue weighted by Gasteiger charge is 2.20. The first-order valence-corrected chi connectivity index (χ1v) is 8.60. The van der Waals surface area contributed by atoms with E-state index in [1.807, 2.05) is 6.92 Å². The average molecular weight is 378 g/mol. The van der Waals surface area contributed by atoms with Crippen molar-refractivity contribution >= 4 is 29.3 Å². The Labute approximate surface area is 157 Å². The lowest BCUT2D eigenvalue weighted by molar-refractivity contribution is 0.0492. The molecule has 0 saturated carbocycles. The van der Waals surface area contributed by atoms with Crippen LogP contribution in [0.5, 0.6) is 0 Å². The van der Waals surface area contributed by atoms with Crippen LogP contribution >= 0.6 is 11.6 Å². The van der Waals surface area contributed by atoms with Gasteiger partial charge in [0.05, 0.1) is 22.9 Å². The zero-order chi connectivity index (χ0) is 19.3. The number of esters is 1. The van der Waals surface area contributed by atoms with Gasteiger partial charge in [0.25, 0.3) is 0 Å². The van der Waals surface area contributed by atoms with Crippen molar-refractivity contribution in [1.82, 2.24) is 9.97 Å². The van der Waals surface area contributed by atoms with Gasteiger partial charge in [-0.3, -0.25) is 0 Å². The van der Waals surface area contributed by atoms with Gasteiger partial charge >= 0.3 is 5.97 Å². The molecule has 0 bridgehead atoms. The molecule has 2 rings (SSSR count). The van der Waals surface area contributed by atoms with Crippen molar-refractivity contribution in [3.63, 3.8) is 0 Å². The monoisotopic (exact) mass is 377 g/mol. The van der Waals surface area contributed by atoms with Gasteiger partial charge in [0.1, 0.15) is 0 Å². The third kappa shape index (κ3) is 4.19. The molecule has 0 amide bonds. The molecule has 0 N–H and O–H groups in total. The fourth-order valence-electron chi connectivity index (χ4n) is 2.33. The summed E-state index contributed by atoms with van der Waals surface area (Å²) in [6.07, 6.45) is 4.55. The molecule has 7 heteroatoms. The van der Waals surface area contributed by atoms with E-state index in [9.17, 15) is 9.18 Å². The molecule has 1 aromatic carbocycles. The van der Waals surface area contributed by atoms with Gasteiger partial charge in [-0.25, -0.2) is 19.2 Å². The summed E-state index contributed by atoms with van der Waals surface area (Å²) < 4.78 is 20.1. The first kappa shape index (κ1) is 19.8. The Bertz CT molecular complexity index is 825. The molecule has 1 aromatic heterocycles. The number of halogens is 2. The number of carbonyl (C=O) groups excluding carboxylic acids is 1. The lowest BCUT2D eigenvalue weighted by Gasteiger charge is -2.17. The fraction of sp³-hybridized carbons (Fsp3) is 0.316. The van der Waals surface area contributed by atoms with Crippen molar-refractivity contribution in [3.05, 3.63) is 47.0 Å². The highest BCUT2D eigenvalue weighted by molar-refractivity contribution is 6.33. The van der Waals surface area contributed by atoms with Crippen LogP contribution in [0.2, 0.25) is 5.02 Å².